The molecular weight excluding hydrogens is 447 g/mol. The van der Waals surface area contributed by atoms with Crippen molar-refractivity contribution >= 4 is 34.1 Å². The lowest BCUT2D eigenvalue weighted by Crippen LogP contribution is -2.44. The second kappa shape index (κ2) is 8.31. The van der Waals surface area contributed by atoms with Gasteiger partial charge < -0.3 is 25.0 Å². The molecule has 0 unspecified atom stereocenters. The molecular formula is C25H25FN8O. The molecule has 4 aromatic heterocycles. The number of hydrogen-bond donors (Lipinski definition) is 2. The van der Waals surface area contributed by atoms with Crippen molar-refractivity contribution in [2.75, 3.05) is 43.4 Å². The van der Waals surface area contributed by atoms with E-state index in [-0.39, 0.29) is 12.5 Å². The molecule has 10 heteroatoms. The van der Waals surface area contributed by atoms with Crippen LogP contribution in [0.2, 0.25) is 0 Å². The lowest BCUT2D eigenvalue weighted by atomic mass is 10.00. The monoisotopic (exact) mass is 472 g/mol. The summed E-state index contributed by atoms with van der Waals surface area (Å²) in [5.74, 6) is -0.0848. The van der Waals surface area contributed by atoms with Gasteiger partial charge in [-0.1, -0.05) is 0 Å². The number of halogens is 1. The fourth-order valence-corrected chi connectivity index (χ4v) is 4.83. The third-order valence-corrected chi connectivity index (χ3v) is 6.80. The largest absolute Gasteiger partial charge is 0.368 e. The zero-order valence-electron chi connectivity index (χ0n) is 19.5. The van der Waals surface area contributed by atoms with Crippen LogP contribution in [0.4, 0.5) is 21.6 Å². The summed E-state index contributed by atoms with van der Waals surface area (Å²) in [4.78, 5) is 30.8. The van der Waals surface area contributed by atoms with Gasteiger partial charge in [-0.2, -0.15) is 0 Å². The molecule has 35 heavy (non-hydrogen) atoms. The number of carbonyl (C=O) groups is 1. The van der Waals surface area contributed by atoms with E-state index in [0.29, 0.717) is 44.9 Å². The Labute approximate surface area is 201 Å². The number of piperazine rings is 1. The molecule has 178 valence electrons. The molecule has 1 saturated heterocycles. The molecule has 2 aliphatic heterocycles. The number of hydrogen-bond acceptors (Lipinski definition) is 7. The van der Waals surface area contributed by atoms with Gasteiger partial charge in [0, 0.05) is 62.5 Å². The Hall–Kier alpha value is -4.05. The van der Waals surface area contributed by atoms with Crippen LogP contribution >= 0.6 is 0 Å². The molecule has 4 aromatic rings. The van der Waals surface area contributed by atoms with Crippen LogP contribution < -0.4 is 15.5 Å². The maximum Gasteiger partial charge on any atom is 0.254 e. The highest BCUT2D eigenvalue weighted by Crippen LogP contribution is 2.37. The zero-order valence-corrected chi connectivity index (χ0v) is 19.5. The smallest absolute Gasteiger partial charge is 0.254 e. The Kier molecular flexibility index (Phi) is 5.10. The summed E-state index contributed by atoms with van der Waals surface area (Å²) in [7, 11) is 3.98. The molecule has 0 radical (unpaired) electrons. The van der Waals surface area contributed by atoms with Crippen LogP contribution in [-0.2, 0) is 13.6 Å². The van der Waals surface area contributed by atoms with E-state index in [2.05, 4.69) is 42.4 Å². The first kappa shape index (κ1) is 21.5. The van der Waals surface area contributed by atoms with Gasteiger partial charge in [0.15, 0.2) is 5.82 Å². The van der Waals surface area contributed by atoms with Gasteiger partial charge in [0.25, 0.3) is 5.91 Å². The van der Waals surface area contributed by atoms with Crippen LogP contribution in [0.3, 0.4) is 0 Å². The number of fused-ring (bicyclic) bond motifs is 2. The Bertz CT molecular complexity index is 1440. The number of aryl methyl sites for hydroxylation is 1. The molecule has 0 aliphatic carbocycles. The molecule has 0 aromatic carbocycles. The molecule has 1 amide bonds. The van der Waals surface area contributed by atoms with Crippen molar-refractivity contribution in [2.24, 2.45) is 7.05 Å². The zero-order chi connectivity index (χ0) is 24.1. The number of nitrogens with one attached hydrogen (secondary N) is 2. The van der Waals surface area contributed by atoms with Gasteiger partial charge >= 0.3 is 0 Å². The molecule has 9 nitrogen and oxygen atoms in total. The number of likely N-dealkylation sites (N-methyl/N-ethyl adjacent to an activating group) is 1. The highest BCUT2D eigenvalue weighted by molar-refractivity contribution is 6.06. The average molecular weight is 473 g/mol. The molecule has 0 spiro atoms. The molecule has 6 rings (SSSR count). The van der Waals surface area contributed by atoms with Crippen LogP contribution in [0, 0.1) is 5.82 Å². The highest BCUT2D eigenvalue weighted by atomic mass is 19.1. The van der Waals surface area contributed by atoms with Gasteiger partial charge in [-0.3, -0.25) is 9.78 Å². The second-order valence-corrected chi connectivity index (χ2v) is 9.02. The Morgan fingerprint density at radius 3 is 2.57 bits per heavy atom. The molecule has 1 fully saturated rings. The quantitative estimate of drug-likeness (QED) is 0.472. The van der Waals surface area contributed by atoms with Crippen LogP contribution in [0.5, 0.6) is 0 Å². The van der Waals surface area contributed by atoms with E-state index in [4.69, 9.17) is 0 Å². The standard InChI is InChI=1S/C25H25FN8O/c1-32-7-9-34(10-8-32)15-3-4-20(27-11-15)31-19-14-28-23(17-12-30-25(35)22(17)19)21-16-5-6-33(2)24(16)29-13-18(21)26/h3-6,11,13-14H,7-10,12H2,1-2H3,(H,27,31)(H,30,35). The SMILES string of the molecule is CN1CCN(c2ccc(Nc3cnc(-c4c(F)cnc5c4ccn5C)c4c3C(=O)NC4)nc2)CC1. The van der Waals surface area contributed by atoms with Crippen LogP contribution in [0.25, 0.3) is 22.3 Å². The van der Waals surface area contributed by atoms with E-state index >= 15 is 0 Å². The number of carbonyl (C=O) groups excluding carboxylic acids is 1. The lowest BCUT2D eigenvalue weighted by Gasteiger charge is -2.33. The van der Waals surface area contributed by atoms with Crippen LogP contribution in [0.1, 0.15) is 15.9 Å². The summed E-state index contributed by atoms with van der Waals surface area (Å²) in [6.45, 7) is 4.24. The maximum absolute atomic E-state index is 15.0. The summed E-state index contributed by atoms with van der Waals surface area (Å²) in [6.07, 6.45) is 6.45. The number of rotatable bonds is 4. The number of nitrogens with zero attached hydrogens (tertiary/aromatic N) is 6. The fourth-order valence-electron chi connectivity index (χ4n) is 4.83. The minimum atomic E-state index is -0.473. The van der Waals surface area contributed by atoms with Gasteiger partial charge in [0.2, 0.25) is 0 Å². The first-order valence-electron chi connectivity index (χ1n) is 11.6. The van der Waals surface area contributed by atoms with E-state index in [1.165, 1.54) is 6.20 Å². The van der Waals surface area contributed by atoms with E-state index in [1.807, 2.05) is 42.2 Å². The van der Waals surface area contributed by atoms with Gasteiger partial charge in [-0.25, -0.2) is 14.4 Å². The Morgan fingerprint density at radius 1 is 0.971 bits per heavy atom. The Balaban J connectivity index is 1.34. The second-order valence-electron chi connectivity index (χ2n) is 9.02. The average Bonchev–Trinajstić information content (AvgIpc) is 3.44. The minimum absolute atomic E-state index is 0.223. The number of aromatic nitrogens is 4. The summed E-state index contributed by atoms with van der Waals surface area (Å²) in [5.41, 5.74) is 4.17. The van der Waals surface area contributed by atoms with Gasteiger partial charge in [-0.15, -0.1) is 0 Å². The van der Waals surface area contributed by atoms with E-state index in [1.54, 1.807) is 6.20 Å². The summed E-state index contributed by atoms with van der Waals surface area (Å²) in [6, 6.07) is 5.75. The molecule has 0 saturated carbocycles. The number of amides is 1. The van der Waals surface area contributed by atoms with Crippen molar-refractivity contribution in [3.63, 3.8) is 0 Å². The maximum atomic E-state index is 15.0. The van der Waals surface area contributed by atoms with Crippen molar-refractivity contribution in [1.29, 1.82) is 0 Å². The predicted octanol–water partition coefficient (Wildman–Crippen LogP) is 2.91. The van der Waals surface area contributed by atoms with Gasteiger partial charge in [0.1, 0.15) is 11.5 Å². The molecule has 2 aliphatic rings. The predicted molar refractivity (Wildman–Crippen MR) is 132 cm³/mol. The van der Waals surface area contributed by atoms with E-state index in [9.17, 15) is 9.18 Å². The van der Waals surface area contributed by atoms with Crippen LogP contribution in [-0.4, -0.2) is 63.6 Å². The third-order valence-electron chi connectivity index (χ3n) is 6.80. The molecule has 0 bridgehead atoms. The molecule has 6 heterocycles. The number of pyridine rings is 3. The first-order valence-corrected chi connectivity index (χ1v) is 11.6. The lowest BCUT2D eigenvalue weighted by molar-refractivity contribution is 0.0966. The topological polar surface area (TPSA) is 91.2 Å². The Morgan fingerprint density at radius 2 is 1.80 bits per heavy atom. The third kappa shape index (κ3) is 3.66. The molecule has 2 N–H and O–H groups in total. The van der Waals surface area contributed by atoms with Crippen molar-refractivity contribution in [3.05, 3.63) is 59.9 Å². The van der Waals surface area contributed by atoms with Crippen LogP contribution in [0.15, 0.2) is 43.0 Å². The van der Waals surface area contributed by atoms with Crippen molar-refractivity contribution < 1.29 is 9.18 Å². The van der Waals surface area contributed by atoms with Crippen molar-refractivity contribution in [1.82, 2.24) is 29.7 Å². The summed E-state index contributed by atoms with van der Waals surface area (Å²) in [5, 5.41) is 6.75. The molecule has 0 atom stereocenters. The number of anilines is 3. The highest BCUT2D eigenvalue weighted by Gasteiger charge is 2.29. The van der Waals surface area contributed by atoms with E-state index in [0.717, 1.165) is 31.9 Å². The van der Waals surface area contributed by atoms with E-state index < -0.39 is 5.82 Å². The van der Waals surface area contributed by atoms with Crippen molar-refractivity contribution in [3.8, 4) is 11.3 Å². The van der Waals surface area contributed by atoms with Gasteiger partial charge in [0.05, 0.1) is 41.2 Å². The van der Waals surface area contributed by atoms with Gasteiger partial charge in [-0.05, 0) is 25.2 Å². The summed E-state index contributed by atoms with van der Waals surface area (Å²) >= 11 is 0. The fraction of sp³-hybridized carbons (Fsp3) is 0.280. The normalized spacial score (nSPS) is 16.0. The summed E-state index contributed by atoms with van der Waals surface area (Å²) < 4.78 is 16.8. The minimum Gasteiger partial charge on any atom is -0.368 e. The van der Waals surface area contributed by atoms with Crippen molar-refractivity contribution in [2.45, 2.75) is 6.54 Å². The first-order chi connectivity index (χ1) is 17.0.